The summed E-state index contributed by atoms with van der Waals surface area (Å²) in [6.45, 7) is -0.260. The molecule has 0 spiro atoms. The molecule has 1 unspecified atom stereocenters. The van der Waals surface area contributed by atoms with Gasteiger partial charge in [0.15, 0.2) is 12.0 Å². The minimum Gasteiger partial charge on any atom is -0.484 e. The van der Waals surface area contributed by atoms with Crippen LogP contribution in [0.5, 0.6) is 5.75 Å². The summed E-state index contributed by atoms with van der Waals surface area (Å²) in [4.78, 5) is 35.9. The Morgan fingerprint density at radius 3 is 2.63 bits per heavy atom. The number of nitrogens with two attached hydrogens (primary N) is 1. The lowest BCUT2D eigenvalue weighted by Gasteiger charge is -2.12. The predicted octanol–water partition coefficient (Wildman–Crippen LogP) is 1.63. The van der Waals surface area contributed by atoms with Gasteiger partial charge in [0.1, 0.15) is 17.1 Å². The molecule has 1 atom stereocenters. The number of carbonyl (C=O) groups is 2. The van der Waals surface area contributed by atoms with Crippen molar-refractivity contribution in [1.82, 2.24) is 5.32 Å². The highest BCUT2D eigenvalue weighted by molar-refractivity contribution is 5.98. The summed E-state index contributed by atoms with van der Waals surface area (Å²) in [6.07, 6.45) is 0. The van der Waals surface area contributed by atoms with Gasteiger partial charge in [0, 0.05) is 0 Å². The first-order valence-corrected chi connectivity index (χ1v) is 8.02. The van der Waals surface area contributed by atoms with Crippen LogP contribution in [0.1, 0.15) is 27.7 Å². The van der Waals surface area contributed by atoms with E-state index >= 15 is 0 Å². The second kappa shape index (κ2) is 6.24. The number of amides is 2. The Hall–Kier alpha value is -3.68. The molecule has 27 heavy (non-hydrogen) atoms. The fourth-order valence-corrected chi connectivity index (χ4v) is 3.04. The topological polar surface area (TPSA) is 112 Å². The Morgan fingerprint density at radius 1 is 1.19 bits per heavy atom. The molecule has 0 saturated carbocycles. The van der Waals surface area contributed by atoms with Crippen molar-refractivity contribution in [3.63, 3.8) is 0 Å². The van der Waals surface area contributed by atoms with Crippen LogP contribution in [-0.2, 0) is 4.79 Å². The van der Waals surface area contributed by atoms with Crippen molar-refractivity contribution >= 4 is 22.8 Å². The Kier molecular flexibility index (Phi) is 3.88. The summed E-state index contributed by atoms with van der Waals surface area (Å²) in [5.74, 6) is -1.37. The molecule has 3 aromatic rings. The number of benzene rings is 2. The zero-order chi connectivity index (χ0) is 19.1. The molecule has 8 heteroatoms. The molecule has 1 aliphatic rings. The largest absolute Gasteiger partial charge is 0.484 e. The first-order valence-electron chi connectivity index (χ1n) is 8.02. The van der Waals surface area contributed by atoms with Gasteiger partial charge < -0.3 is 20.2 Å². The van der Waals surface area contributed by atoms with E-state index < -0.39 is 29.1 Å². The standard InChI is InChI=1S/C19H13FN2O5/c20-10-3-6-13-12(7-10)17(24)15-16(22-19(25)18(15)27-13)9-1-4-11(5-2-9)26-8-14(21)23/h1-7,16H,8H2,(H2,21,23)(H,22,25). The van der Waals surface area contributed by atoms with Crippen LogP contribution >= 0.6 is 0 Å². The first kappa shape index (κ1) is 16.8. The van der Waals surface area contributed by atoms with E-state index in [4.69, 9.17) is 14.9 Å². The van der Waals surface area contributed by atoms with Crippen molar-refractivity contribution < 1.29 is 23.1 Å². The molecule has 0 radical (unpaired) electrons. The Morgan fingerprint density at radius 2 is 1.93 bits per heavy atom. The third kappa shape index (κ3) is 2.91. The summed E-state index contributed by atoms with van der Waals surface area (Å²) in [5, 5.41) is 2.76. The molecule has 136 valence electrons. The summed E-state index contributed by atoms with van der Waals surface area (Å²) in [5.41, 5.74) is 5.44. The van der Waals surface area contributed by atoms with Crippen LogP contribution in [-0.4, -0.2) is 18.4 Å². The number of fused-ring (bicyclic) bond motifs is 2. The van der Waals surface area contributed by atoms with E-state index in [0.717, 1.165) is 12.1 Å². The van der Waals surface area contributed by atoms with E-state index in [0.29, 0.717) is 11.3 Å². The van der Waals surface area contributed by atoms with Gasteiger partial charge >= 0.3 is 0 Å². The highest BCUT2D eigenvalue weighted by Crippen LogP contribution is 2.31. The fraction of sp³-hybridized carbons (Fsp3) is 0.105. The van der Waals surface area contributed by atoms with Gasteiger partial charge in [-0.3, -0.25) is 14.4 Å². The maximum Gasteiger partial charge on any atom is 0.288 e. The second-order valence-electron chi connectivity index (χ2n) is 6.04. The number of nitrogens with one attached hydrogen (secondary N) is 1. The fourth-order valence-electron chi connectivity index (χ4n) is 3.04. The molecule has 2 amide bonds. The van der Waals surface area contributed by atoms with E-state index in [-0.39, 0.29) is 28.9 Å². The first-order chi connectivity index (χ1) is 12.9. The molecule has 0 aliphatic carbocycles. The smallest absolute Gasteiger partial charge is 0.288 e. The maximum atomic E-state index is 13.5. The average molecular weight is 368 g/mol. The zero-order valence-electron chi connectivity index (χ0n) is 13.8. The van der Waals surface area contributed by atoms with Gasteiger partial charge in [-0.25, -0.2) is 4.39 Å². The van der Waals surface area contributed by atoms with E-state index in [1.54, 1.807) is 24.3 Å². The van der Waals surface area contributed by atoms with Gasteiger partial charge in [0.2, 0.25) is 5.76 Å². The highest BCUT2D eigenvalue weighted by Gasteiger charge is 2.35. The summed E-state index contributed by atoms with van der Waals surface area (Å²) in [6, 6.07) is 9.29. The molecule has 3 N–H and O–H groups in total. The Labute approximate surface area is 151 Å². The van der Waals surface area contributed by atoms with Crippen LogP contribution < -0.4 is 21.2 Å². The molecule has 2 heterocycles. The summed E-state index contributed by atoms with van der Waals surface area (Å²) < 4.78 is 24.3. The van der Waals surface area contributed by atoms with Gasteiger partial charge in [-0.1, -0.05) is 12.1 Å². The van der Waals surface area contributed by atoms with E-state index in [9.17, 15) is 18.8 Å². The van der Waals surface area contributed by atoms with E-state index in [2.05, 4.69) is 5.32 Å². The number of carbonyl (C=O) groups excluding carboxylic acids is 2. The monoisotopic (exact) mass is 368 g/mol. The summed E-state index contributed by atoms with van der Waals surface area (Å²) in [7, 11) is 0. The molecule has 0 bridgehead atoms. The molecule has 4 rings (SSSR count). The maximum absolute atomic E-state index is 13.5. The number of ether oxygens (including phenoxy) is 1. The van der Waals surface area contributed by atoms with Crippen molar-refractivity contribution in [2.75, 3.05) is 6.61 Å². The third-order valence-electron chi connectivity index (χ3n) is 4.25. The van der Waals surface area contributed by atoms with Gasteiger partial charge in [-0.15, -0.1) is 0 Å². The predicted molar refractivity (Wildman–Crippen MR) is 92.9 cm³/mol. The molecule has 1 aromatic heterocycles. The molecule has 2 aromatic carbocycles. The van der Waals surface area contributed by atoms with Crippen LogP contribution in [0.4, 0.5) is 4.39 Å². The van der Waals surface area contributed by atoms with Crippen LogP contribution in [0.25, 0.3) is 11.0 Å². The van der Waals surface area contributed by atoms with Gasteiger partial charge in [-0.05, 0) is 35.9 Å². The summed E-state index contributed by atoms with van der Waals surface area (Å²) >= 11 is 0. The molecule has 1 aliphatic heterocycles. The third-order valence-corrected chi connectivity index (χ3v) is 4.25. The van der Waals surface area contributed by atoms with Crippen molar-refractivity contribution in [3.05, 3.63) is 75.4 Å². The van der Waals surface area contributed by atoms with Crippen LogP contribution in [0.2, 0.25) is 0 Å². The van der Waals surface area contributed by atoms with Gasteiger partial charge in [0.25, 0.3) is 11.8 Å². The molecule has 0 fully saturated rings. The highest BCUT2D eigenvalue weighted by atomic mass is 19.1. The van der Waals surface area contributed by atoms with E-state index in [1.807, 2.05) is 0 Å². The molecule has 0 saturated heterocycles. The average Bonchev–Trinajstić information content (AvgIpc) is 2.98. The number of hydrogen-bond donors (Lipinski definition) is 2. The van der Waals surface area contributed by atoms with Crippen molar-refractivity contribution in [1.29, 1.82) is 0 Å². The Balaban J connectivity index is 1.76. The molecular weight excluding hydrogens is 355 g/mol. The number of primary amides is 1. The van der Waals surface area contributed by atoms with Crippen molar-refractivity contribution in [2.24, 2.45) is 5.73 Å². The zero-order valence-corrected chi connectivity index (χ0v) is 13.8. The van der Waals surface area contributed by atoms with Gasteiger partial charge in [-0.2, -0.15) is 0 Å². The lowest BCUT2D eigenvalue weighted by Crippen LogP contribution is -2.22. The lowest BCUT2D eigenvalue weighted by molar-refractivity contribution is -0.119. The molecular formula is C19H13FN2O5. The molecule has 7 nitrogen and oxygen atoms in total. The number of rotatable bonds is 4. The quantitative estimate of drug-likeness (QED) is 0.727. The minimum atomic E-state index is -0.735. The van der Waals surface area contributed by atoms with E-state index in [1.165, 1.54) is 6.07 Å². The number of halogens is 1. The lowest BCUT2D eigenvalue weighted by atomic mass is 9.99. The minimum absolute atomic E-state index is 0.0664. The Bertz CT molecular complexity index is 1140. The SMILES string of the molecule is NC(=O)COc1ccc(C2NC(=O)c3oc4ccc(F)cc4c(=O)c32)cc1. The van der Waals surface area contributed by atoms with Crippen molar-refractivity contribution in [3.8, 4) is 5.75 Å². The van der Waals surface area contributed by atoms with Crippen LogP contribution in [0.15, 0.2) is 51.7 Å². The van der Waals surface area contributed by atoms with Gasteiger partial charge in [0.05, 0.1) is 17.0 Å². The van der Waals surface area contributed by atoms with Crippen molar-refractivity contribution in [2.45, 2.75) is 6.04 Å². The van der Waals surface area contributed by atoms with Crippen LogP contribution in [0.3, 0.4) is 0 Å². The number of hydrogen-bond acceptors (Lipinski definition) is 5. The normalized spacial score (nSPS) is 15.4. The van der Waals surface area contributed by atoms with Crippen LogP contribution in [0, 0.1) is 5.82 Å². The second-order valence-corrected chi connectivity index (χ2v) is 6.04.